The van der Waals surface area contributed by atoms with Crippen LogP contribution in [0.3, 0.4) is 0 Å². The Kier molecular flexibility index (Phi) is 6.35. The lowest BCUT2D eigenvalue weighted by atomic mass is 9.98. The average molecular weight is 683 g/mol. The molecule has 0 bridgehead atoms. The predicted molar refractivity (Wildman–Crippen MR) is 215 cm³/mol. The van der Waals surface area contributed by atoms with Gasteiger partial charge in [0.15, 0.2) is 17.5 Å². The Hall–Kier alpha value is -6.76. The van der Waals surface area contributed by atoms with Gasteiger partial charge in [-0.15, -0.1) is 11.3 Å². The van der Waals surface area contributed by atoms with Crippen LogP contribution in [0.15, 0.2) is 162 Å². The summed E-state index contributed by atoms with van der Waals surface area (Å²) >= 11 is 1.72. The van der Waals surface area contributed by atoms with E-state index in [0.717, 1.165) is 86.3 Å². The van der Waals surface area contributed by atoms with Crippen molar-refractivity contribution in [1.29, 1.82) is 0 Å². The highest BCUT2D eigenvalue weighted by Gasteiger charge is 2.19. The molecule has 0 spiro atoms. The van der Waals surface area contributed by atoms with Crippen LogP contribution in [0.5, 0.6) is 0 Å². The Morgan fingerprint density at radius 1 is 0.404 bits per heavy atom. The number of hydrogen-bond donors (Lipinski definition) is 0. The molecule has 0 radical (unpaired) electrons. The molecule has 0 aliphatic rings. The van der Waals surface area contributed by atoms with Gasteiger partial charge >= 0.3 is 0 Å². The second-order valence-electron chi connectivity index (χ2n) is 13.1. The molecule has 11 rings (SSSR count). The standard InChI is InChI=1S/C46H26N4OS/c1-2-11-28(12-3-1)46-47-38-24-33-23-32(21-19-30(33)25-41(38)52-46)44-48-43(31-20-18-27-10-4-5-13-29(27)22-31)49-45(50-44)37-26-40-42(35-15-7-6-14-34(35)37)36-16-8-9-17-39(36)51-40/h1-26H. The highest BCUT2D eigenvalue weighted by Crippen LogP contribution is 2.40. The van der Waals surface area contributed by atoms with Crippen molar-refractivity contribution in [3.8, 4) is 44.7 Å². The largest absolute Gasteiger partial charge is 0.456 e. The molecule has 6 heteroatoms. The lowest BCUT2D eigenvalue weighted by Gasteiger charge is -2.12. The van der Waals surface area contributed by atoms with Crippen LogP contribution in [0.25, 0.3) is 109 Å². The zero-order valence-electron chi connectivity index (χ0n) is 27.6. The molecule has 0 aliphatic carbocycles. The predicted octanol–water partition coefficient (Wildman–Crippen LogP) is 12.5. The fourth-order valence-electron chi connectivity index (χ4n) is 7.37. The SMILES string of the molecule is c1ccc(-c2nc3cc4cc(-c5nc(-c6ccc7ccccc7c6)nc(-c6cc7oc8ccccc8c7c7ccccc67)n5)ccc4cc3s2)cc1. The molecule has 0 unspecified atom stereocenters. The van der Waals surface area contributed by atoms with E-state index < -0.39 is 0 Å². The van der Waals surface area contributed by atoms with Crippen LogP contribution in [0.1, 0.15) is 0 Å². The van der Waals surface area contributed by atoms with Gasteiger partial charge in [-0.2, -0.15) is 0 Å². The van der Waals surface area contributed by atoms with Crippen molar-refractivity contribution < 1.29 is 4.42 Å². The maximum absolute atomic E-state index is 6.44. The summed E-state index contributed by atoms with van der Waals surface area (Å²) in [7, 11) is 0. The van der Waals surface area contributed by atoms with Crippen LogP contribution in [0.2, 0.25) is 0 Å². The molecule has 0 atom stereocenters. The molecule has 3 aromatic heterocycles. The van der Waals surface area contributed by atoms with Crippen molar-refractivity contribution in [3.63, 3.8) is 0 Å². The topological polar surface area (TPSA) is 64.7 Å². The molecule has 0 aliphatic heterocycles. The van der Waals surface area contributed by atoms with Gasteiger partial charge < -0.3 is 4.42 Å². The van der Waals surface area contributed by atoms with E-state index in [9.17, 15) is 0 Å². The highest BCUT2D eigenvalue weighted by molar-refractivity contribution is 7.21. The first kappa shape index (κ1) is 29.0. The molecule has 11 aromatic rings. The third-order valence-corrected chi connectivity index (χ3v) is 11.0. The molecule has 8 aromatic carbocycles. The summed E-state index contributed by atoms with van der Waals surface area (Å²) in [6.45, 7) is 0. The zero-order valence-corrected chi connectivity index (χ0v) is 28.4. The number of nitrogens with zero attached hydrogens (tertiary/aromatic N) is 4. The second-order valence-corrected chi connectivity index (χ2v) is 14.1. The van der Waals surface area contributed by atoms with Crippen molar-refractivity contribution in [1.82, 2.24) is 19.9 Å². The number of para-hydroxylation sites is 1. The summed E-state index contributed by atoms with van der Waals surface area (Å²) < 4.78 is 7.60. The van der Waals surface area contributed by atoms with Crippen molar-refractivity contribution in [2.75, 3.05) is 0 Å². The maximum atomic E-state index is 6.44. The van der Waals surface area contributed by atoms with Crippen LogP contribution in [0, 0.1) is 0 Å². The summed E-state index contributed by atoms with van der Waals surface area (Å²) in [6.07, 6.45) is 0. The van der Waals surface area contributed by atoms with E-state index in [1.165, 1.54) is 5.39 Å². The van der Waals surface area contributed by atoms with Gasteiger partial charge in [-0.05, 0) is 68.7 Å². The van der Waals surface area contributed by atoms with Gasteiger partial charge in [-0.25, -0.2) is 19.9 Å². The maximum Gasteiger partial charge on any atom is 0.164 e. The Labute approximate surface area is 301 Å². The van der Waals surface area contributed by atoms with Crippen LogP contribution in [-0.2, 0) is 0 Å². The smallest absolute Gasteiger partial charge is 0.164 e. The summed E-state index contributed by atoms with van der Waals surface area (Å²) in [6, 6.07) is 54.6. The van der Waals surface area contributed by atoms with Gasteiger partial charge in [-0.3, -0.25) is 0 Å². The molecule has 0 saturated carbocycles. The number of benzene rings is 8. The van der Waals surface area contributed by atoms with Crippen molar-refractivity contribution in [3.05, 3.63) is 158 Å². The Morgan fingerprint density at radius 2 is 1.04 bits per heavy atom. The fraction of sp³-hybridized carbons (Fsp3) is 0. The van der Waals surface area contributed by atoms with Gasteiger partial charge in [0.25, 0.3) is 0 Å². The number of fused-ring (bicyclic) bond motifs is 8. The number of hydrogen-bond acceptors (Lipinski definition) is 6. The quantitative estimate of drug-likeness (QED) is 0.185. The van der Waals surface area contributed by atoms with Crippen LogP contribution < -0.4 is 0 Å². The first-order chi connectivity index (χ1) is 25.7. The number of furan rings is 1. The molecule has 0 fully saturated rings. The van der Waals surface area contributed by atoms with Crippen molar-refractivity contribution in [2.45, 2.75) is 0 Å². The Bertz CT molecular complexity index is 3200. The minimum absolute atomic E-state index is 0.592. The first-order valence-corrected chi connectivity index (χ1v) is 18.0. The second kappa shape index (κ2) is 11.4. The van der Waals surface area contributed by atoms with E-state index in [2.05, 4.69) is 140 Å². The van der Waals surface area contributed by atoms with E-state index in [1.807, 2.05) is 18.2 Å². The number of thiazole rings is 1. The molecule has 0 saturated heterocycles. The molecule has 5 nitrogen and oxygen atoms in total. The zero-order chi connectivity index (χ0) is 34.2. The summed E-state index contributed by atoms with van der Waals surface area (Å²) in [5, 5.41) is 9.88. The molecule has 3 heterocycles. The van der Waals surface area contributed by atoms with E-state index >= 15 is 0 Å². The molecular weight excluding hydrogens is 657 g/mol. The molecule has 0 amide bonds. The fourth-order valence-corrected chi connectivity index (χ4v) is 8.37. The summed E-state index contributed by atoms with van der Waals surface area (Å²) in [5.41, 5.74) is 6.49. The molecule has 0 N–H and O–H groups in total. The van der Waals surface area contributed by atoms with Crippen molar-refractivity contribution in [2.24, 2.45) is 0 Å². The normalized spacial score (nSPS) is 11.8. The van der Waals surface area contributed by atoms with Gasteiger partial charge in [0.2, 0.25) is 0 Å². The van der Waals surface area contributed by atoms with Crippen molar-refractivity contribution >= 4 is 75.8 Å². The Morgan fingerprint density at radius 3 is 1.87 bits per heavy atom. The highest BCUT2D eigenvalue weighted by atomic mass is 32.1. The third-order valence-electron chi connectivity index (χ3n) is 9.89. The summed E-state index contributed by atoms with van der Waals surface area (Å²) in [4.78, 5) is 20.5. The molecule has 52 heavy (non-hydrogen) atoms. The van der Waals surface area contributed by atoms with E-state index in [1.54, 1.807) is 11.3 Å². The minimum atomic E-state index is 0.592. The number of aromatic nitrogens is 4. The first-order valence-electron chi connectivity index (χ1n) is 17.2. The molecule has 242 valence electrons. The lowest BCUT2D eigenvalue weighted by molar-refractivity contribution is 0.669. The van der Waals surface area contributed by atoms with Gasteiger partial charge in [-0.1, -0.05) is 121 Å². The van der Waals surface area contributed by atoms with E-state index in [4.69, 9.17) is 24.4 Å². The van der Waals surface area contributed by atoms with Gasteiger partial charge in [0.1, 0.15) is 16.2 Å². The van der Waals surface area contributed by atoms with Crippen LogP contribution in [-0.4, -0.2) is 19.9 Å². The van der Waals surface area contributed by atoms with Gasteiger partial charge in [0.05, 0.1) is 10.2 Å². The summed E-state index contributed by atoms with van der Waals surface area (Å²) in [5.74, 6) is 1.81. The van der Waals surface area contributed by atoms with E-state index in [0.29, 0.717) is 17.5 Å². The van der Waals surface area contributed by atoms with Crippen LogP contribution in [0.4, 0.5) is 0 Å². The average Bonchev–Trinajstić information content (AvgIpc) is 3.80. The molecular formula is C46H26N4OS. The number of rotatable bonds is 4. The monoisotopic (exact) mass is 682 g/mol. The lowest BCUT2D eigenvalue weighted by Crippen LogP contribution is -2.01. The Balaban J connectivity index is 1.13. The van der Waals surface area contributed by atoms with E-state index in [-0.39, 0.29) is 0 Å². The minimum Gasteiger partial charge on any atom is -0.456 e. The van der Waals surface area contributed by atoms with Crippen LogP contribution >= 0.6 is 11.3 Å². The third kappa shape index (κ3) is 4.69. The van der Waals surface area contributed by atoms with Gasteiger partial charge in [0, 0.05) is 33.0 Å².